The van der Waals surface area contributed by atoms with E-state index < -0.39 is 47.0 Å². The molecule has 0 unspecified atom stereocenters. The minimum absolute atomic E-state index is 0.0299. The first-order chi connectivity index (χ1) is 14.4. The third kappa shape index (κ3) is 2.86. The summed E-state index contributed by atoms with van der Waals surface area (Å²) in [5.41, 5.74) is -2.52. The highest BCUT2D eigenvalue weighted by atomic mass is 16.5. The second-order valence-corrected chi connectivity index (χ2v) is 10.4. The van der Waals surface area contributed by atoms with Gasteiger partial charge in [-0.1, -0.05) is 26.8 Å². The lowest BCUT2D eigenvalue weighted by molar-refractivity contribution is -0.184. The van der Waals surface area contributed by atoms with Crippen LogP contribution in [0.2, 0.25) is 0 Å². The van der Waals surface area contributed by atoms with Crippen LogP contribution in [0.3, 0.4) is 0 Å². The van der Waals surface area contributed by atoms with Crippen molar-refractivity contribution in [3.8, 4) is 0 Å². The average Bonchev–Trinajstić information content (AvgIpc) is 2.92. The van der Waals surface area contributed by atoms with Crippen molar-refractivity contribution < 1.29 is 34.4 Å². The number of allylic oxidation sites excluding steroid dienone is 3. The van der Waals surface area contributed by atoms with Crippen LogP contribution in [0.25, 0.3) is 0 Å². The van der Waals surface area contributed by atoms with Crippen LogP contribution in [0.1, 0.15) is 47.0 Å². The van der Waals surface area contributed by atoms with Crippen LogP contribution in [0, 0.1) is 34.5 Å². The van der Waals surface area contributed by atoms with Crippen LogP contribution in [0.15, 0.2) is 23.8 Å². The van der Waals surface area contributed by atoms with Crippen LogP contribution in [0.5, 0.6) is 0 Å². The molecule has 3 saturated carbocycles. The van der Waals surface area contributed by atoms with Gasteiger partial charge in [-0.2, -0.15) is 0 Å². The predicted molar refractivity (Wildman–Crippen MR) is 111 cm³/mol. The lowest BCUT2D eigenvalue weighted by Crippen LogP contribution is -2.63. The van der Waals surface area contributed by atoms with Crippen LogP contribution >= 0.6 is 0 Å². The van der Waals surface area contributed by atoms with Gasteiger partial charge in [0.15, 0.2) is 12.4 Å². The predicted octanol–water partition coefficient (Wildman–Crippen LogP) is 1.35. The number of esters is 1. The summed E-state index contributed by atoms with van der Waals surface area (Å²) in [5.74, 6) is -2.25. The minimum atomic E-state index is -1.68. The summed E-state index contributed by atoms with van der Waals surface area (Å²) in [5, 5.41) is 33.9. The number of hydrogen-bond donors (Lipinski definition) is 3. The molecule has 0 aromatic carbocycles. The topological polar surface area (TPSA) is 121 Å². The van der Waals surface area contributed by atoms with Crippen LogP contribution < -0.4 is 0 Å². The van der Waals surface area contributed by atoms with Crippen LogP contribution in [0.4, 0.5) is 0 Å². The van der Waals surface area contributed by atoms with Crippen molar-refractivity contribution in [3.63, 3.8) is 0 Å². The molecule has 7 heteroatoms. The number of fused-ring (bicyclic) bond motifs is 5. The maximum Gasteiger partial charge on any atom is 0.303 e. The Morgan fingerprint density at radius 3 is 2.55 bits per heavy atom. The quantitative estimate of drug-likeness (QED) is 0.576. The molecule has 0 radical (unpaired) electrons. The third-order valence-corrected chi connectivity index (χ3v) is 9.07. The van der Waals surface area contributed by atoms with Crippen LogP contribution in [-0.4, -0.2) is 57.3 Å². The minimum Gasteiger partial charge on any atom is -0.458 e. The summed E-state index contributed by atoms with van der Waals surface area (Å²) in [7, 11) is 0. The fourth-order valence-corrected chi connectivity index (χ4v) is 7.43. The molecule has 170 valence electrons. The number of ketones is 2. The first kappa shape index (κ1) is 22.4. The molecule has 0 heterocycles. The van der Waals surface area contributed by atoms with E-state index >= 15 is 0 Å². The molecular weight excluding hydrogens is 400 g/mol. The number of hydrogen-bond acceptors (Lipinski definition) is 7. The molecule has 3 N–H and O–H groups in total. The highest BCUT2D eigenvalue weighted by Crippen LogP contribution is 2.68. The van der Waals surface area contributed by atoms with Gasteiger partial charge in [-0.25, -0.2) is 0 Å². The second-order valence-electron chi connectivity index (χ2n) is 10.4. The summed E-state index contributed by atoms with van der Waals surface area (Å²) in [6.07, 6.45) is 4.23. The molecule has 0 saturated heterocycles. The molecule has 4 aliphatic carbocycles. The summed E-state index contributed by atoms with van der Waals surface area (Å²) in [6, 6.07) is 0. The molecule has 0 aromatic heterocycles. The zero-order chi connectivity index (χ0) is 22.9. The molecule has 7 nitrogen and oxygen atoms in total. The summed E-state index contributed by atoms with van der Waals surface area (Å²) in [6.45, 7) is 6.44. The van der Waals surface area contributed by atoms with Crippen molar-refractivity contribution >= 4 is 17.5 Å². The monoisotopic (exact) mass is 432 g/mol. The highest BCUT2D eigenvalue weighted by Gasteiger charge is 2.70. The number of ether oxygens (including phenoxy) is 1. The summed E-state index contributed by atoms with van der Waals surface area (Å²) in [4.78, 5) is 36.3. The van der Waals surface area contributed by atoms with Crippen molar-refractivity contribution in [1.29, 1.82) is 0 Å². The van der Waals surface area contributed by atoms with E-state index in [4.69, 9.17) is 4.74 Å². The Bertz CT molecular complexity index is 890. The highest BCUT2D eigenvalue weighted by molar-refractivity contribution is 6.01. The Labute approximate surface area is 182 Å². The number of aliphatic hydroxyl groups is 3. The van der Waals surface area contributed by atoms with Crippen molar-refractivity contribution in [1.82, 2.24) is 0 Å². The SMILES string of the molecule is CC(=O)OCC(=O)[C@@]1(O)[C@H](C)C[C@H]2[C@@H]3[C@@H](O)[C@@H](O)C4=CC(=O)C=C[C@]4(C)[C@H]3CC[C@@]21C. The Kier molecular flexibility index (Phi) is 5.11. The first-order valence-corrected chi connectivity index (χ1v) is 11.1. The van der Waals surface area contributed by atoms with Gasteiger partial charge in [-0.15, -0.1) is 0 Å². The van der Waals surface area contributed by atoms with Gasteiger partial charge in [-0.05, 0) is 60.7 Å². The van der Waals surface area contributed by atoms with E-state index in [1.807, 2.05) is 26.8 Å². The average molecular weight is 433 g/mol. The second kappa shape index (κ2) is 7.09. The van der Waals surface area contributed by atoms with Gasteiger partial charge >= 0.3 is 5.97 Å². The molecular formula is C24H32O7. The molecule has 3 fully saturated rings. The number of aliphatic hydroxyl groups excluding tert-OH is 2. The molecule has 31 heavy (non-hydrogen) atoms. The molecule has 0 bridgehead atoms. The van der Waals surface area contributed by atoms with Gasteiger partial charge in [0.25, 0.3) is 0 Å². The summed E-state index contributed by atoms with van der Waals surface area (Å²) < 4.78 is 4.91. The number of carbonyl (C=O) groups is 3. The van der Waals surface area contributed by atoms with Gasteiger partial charge in [0.2, 0.25) is 5.78 Å². The Morgan fingerprint density at radius 1 is 1.23 bits per heavy atom. The van der Waals surface area contributed by atoms with Gasteiger partial charge < -0.3 is 20.1 Å². The smallest absolute Gasteiger partial charge is 0.303 e. The Balaban J connectivity index is 1.73. The normalized spacial score (nSPS) is 48.4. The maximum absolute atomic E-state index is 13.1. The fraction of sp³-hybridized carbons (Fsp3) is 0.708. The molecule has 0 spiro atoms. The fourth-order valence-electron chi connectivity index (χ4n) is 7.43. The number of rotatable bonds is 3. The Hall–Kier alpha value is -1.83. The molecule has 0 amide bonds. The van der Waals surface area contributed by atoms with E-state index in [0.717, 1.165) is 0 Å². The van der Waals surface area contributed by atoms with Gasteiger partial charge in [0, 0.05) is 17.8 Å². The number of carbonyl (C=O) groups excluding carboxylic acids is 3. The third-order valence-electron chi connectivity index (χ3n) is 9.07. The van der Waals surface area contributed by atoms with Crippen LogP contribution in [-0.2, 0) is 19.1 Å². The zero-order valence-corrected chi connectivity index (χ0v) is 18.5. The van der Waals surface area contributed by atoms with Gasteiger partial charge in [0.1, 0.15) is 11.7 Å². The van der Waals surface area contributed by atoms with Gasteiger partial charge in [-0.3, -0.25) is 14.4 Å². The largest absolute Gasteiger partial charge is 0.458 e. The van der Waals surface area contributed by atoms with Crippen molar-refractivity contribution in [2.45, 2.75) is 64.8 Å². The van der Waals surface area contributed by atoms with E-state index in [1.165, 1.54) is 19.1 Å². The lowest BCUT2D eigenvalue weighted by atomic mass is 9.46. The van der Waals surface area contributed by atoms with Crippen molar-refractivity contribution in [3.05, 3.63) is 23.8 Å². The lowest BCUT2D eigenvalue weighted by Gasteiger charge is -2.60. The molecule has 4 rings (SSSR count). The van der Waals surface area contributed by atoms with E-state index in [2.05, 4.69) is 0 Å². The molecule has 0 aromatic rings. The van der Waals surface area contributed by atoms with Crippen molar-refractivity contribution in [2.24, 2.45) is 34.5 Å². The Morgan fingerprint density at radius 2 is 1.90 bits per heavy atom. The number of Topliss-reactive ketones (excluding diaryl/α,β-unsaturated/α-hetero) is 1. The van der Waals surface area contributed by atoms with E-state index in [0.29, 0.717) is 24.8 Å². The molecule has 4 aliphatic rings. The summed E-state index contributed by atoms with van der Waals surface area (Å²) >= 11 is 0. The van der Waals surface area contributed by atoms with E-state index in [1.54, 1.807) is 0 Å². The zero-order valence-electron chi connectivity index (χ0n) is 18.5. The molecule has 0 aliphatic heterocycles. The maximum atomic E-state index is 13.1. The van der Waals surface area contributed by atoms with Gasteiger partial charge in [0.05, 0.1) is 6.10 Å². The standard InChI is InChI=1S/C24H32O7/c1-12-9-16-19-15(22(3)7-5-14(26)10-17(22)20(28)21(19)29)6-8-23(16,4)24(12,30)18(27)11-31-13(2)25/h5,7,10,12,15-16,19-21,28-30H,6,8-9,11H2,1-4H3/t12-,15+,16+,19-,20+,21-,22-,23+,24+/m1/s1. The van der Waals surface area contributed by atoms with E-state index in [-0.39, 0.29) is 29.5 Å². The van der Waals surface area contributed by atoms with E-state index in [9.17, 15) is 29.7 Å². The van der Waals surface area contributed by atoms with Crippen molar-refractivity contribution in [2.75, 3.05) is 6.61 Å². The first-order valence-electron chi connectivity index (χ1n) is 11.1. The molecule has 9 atom stereocenters.